The molecule has 0 saturated heterocycles. The van der Waals surface area contributed by atoms with Crippen LogP contribution in [0.5, 0.6) is 0 Å². The zero-order chi connectivity index (χ0) is 13.1. The van der Waals surface area contributed by atoms with Crippen molar-refractivity contribution in [1.29, 1.82) is 0 Å². The van der Waals surface area contributed by atoms with E-state index in [0.29, 0.717) is 24.5 Å². The molecule has 1 aliphatic heterocycles. The fourth-order valence-corrected chi connectivity index (χ4v) is 2.71. The standard InChI is InChI=1S/C17H17NO/c19-15(10-13-6-2-1-3-7-13)11-14-12-18-17-9-5-4-8-16(14)17/h1-9,14,18H,10-12H2. The van der Waals surface area contributed by atoms with E-state index in [1.807, 2.05) is 42.5 Å². The maximum atomic E-state index is 12.2. The first-order chi connectivity index (χ1) is 9.33. The second kappa shape index (κ2) is 5.27. The van der Waals surface area contributed by atoms with E-state index in [9.17, 15) is 4.79 Å². The first-order valence-electron chi connectivity index (χ1n) is 6.71. The zero-order valence-corrected chi connectivity index (χ0v) is 10.8. The van der Waals surface area contributed by atoms with Crippen LogP contribution in [0.1, 0.15) is 23.5 Å². The molecule has 0 aliphatic carbocycles. The molecule has 0 aromatic heterocycles. The average molecular weight is 251 g/mol. The summed E-state index contributed by atoms with van der Waals surface area (Å²) >= 11 is 0. The number of hydrogen-bond acceptors (Lipinski definition) is 2. The van der Waals surface area contributed by atoms with Gasteiger partial charge in [0.25, 0.3) is 0 Å². The summed E-state index contributed by atoms with van der Waals surface area (Å²) in [6, 6.07) is 18.2. The molecule has 0 radical (unpaired) electrons. The predicted octanol–water partition coefficient (Wildman–Crippen LogP) is 3.40. The number of anilines is 1. The van der Waals surface area contributed by atoms with Gasteiger partial charge in [0.1, 0.15) is 5.78 Å². The maximum Gasteiger partial charge on any atom is 0.137 e. The van der Waals surface area contributed by atoms with Crippen LogP contribution in [0, 0.1) is 0 Å². The number of ketones is 1. The van der Waals surface area contributed by atoms with E-state index in [1.54, 1.807) is 0 Å². The first kappa shape index (κ1) is 12.0. The van der Waals surface area contributed by atoms with Crippen LogP contribution in [-0.4, -0.2) is 12.3 Å². The molecule has 2 heteroatoms. The summed E-state index contributed by atoms with van der Waals surface area (Å²) in [5, 5.41) is 3.37. The molecule has 1 heterocycles. The van der Waals surface area contributed by atoms with E-state index in [-0.39, 0.29) is 0 Å². The van der Waals surface area contributed by atoms with Gasteiger partial charge in [0.2, 0.25) is 0 Å². The minimum Gasteiger partial charge on any atom is -0.384 e. The summed E-state index contributed by atoms with van der Waals surface area (Å²) in [7, 11) is 0. The number of rotatable bonds is 4. The van der Waals surface area contributed by atoms with Crippen LogP contribution in [0.2, 0.25) is 0 Å². The smallest absolute Gasteiger partial charge is 0.137 e. The Bertz CT molecular complexity index is 577. The molecule has 0 amide bonds. The lowest BCUT2D eigenvalue weighted by Crippen LogP contribution is -2.11. The largest absolute Gasteiger partial charge is 0.384 e. The average Bonchev–Trinajstić information content (AvgIpc) is 2.83. The molecule has 0 bridgehead atoms. The van der Waals surface area contributed by atoms with Gasteiger partial charge in [0.15, 0.2) is 0 Å². The molecule has 19 heavy (non-hydrogen) atoms. The van der Waals surface area contributed by atoms with Gasteiger partial charge in [-0.05, 0) is 17.2 Å². The van der Waals surface area contributed by atoms with Crippen molar-refractivity contribution in [2.75, 3.05) is 11.9 Å². The van der Waals surface area contributed by atoms with Gasteiger partial charge in [-0.15, -0.1) is 0 Å². The van der Waals surface area contributed by atoms with Crippen LogP contribution in [0.25, 0.3) is 0 Å². The van der Waals surface area contributed by atoms with Gasteiger partial charge in [-0.1, -0.05) is 48.5 Å². The molecule has 1 unspecified atom stereocenters. The number of Topliss-reactive ketones (excluding diaryl/α,β-unsaturated/α-hetero) is 1. The van der Waals surface area contributed by atoms with E-state index >= 15 is 0 Å². The zero-order valence-electron chi connectivity index (χ0n) is 10.8. The molecule has 3 rings (SSSR count). The summed E-state index contributed by atoms with van der Waals surface area (Å²) in [4.78, 5) is 12.2. The van der Waals surface area contributed by atoms with E-state index in [4.69, 9.17) is 0 Å². The second-order valence-corrected chi connectivity index (χ2v) is 5.07. The summed E-state index contributed by atoms with van der Waals surface area (Å²) < 4.78 is 0. The quantitative estimate of drug-likeness (QED) is 0.902. The van der Waals surface area contributed by atoms with E-state index in [2.05, 4.69) is 17.4 Å². The molecule has 96 valence electrons. The van der Waals surface area contributed by atoms with Crippen LogP contribution < -0.4 is 5.32 Å². The number of hydrogen-bond donors (Lipinski definition) is 1. The minimum absolute atomic E-state index is 0.315. The van der Waals surface area contributed by atoms with E-state index in [0.717, 1.165) is 12.1 Å². The van der Waals surface area contributed by atoms with Gasteiger partial charge in [-0.2, -0.15) is 0 Å². The van der Waals surface area contributed by atoms with Gasteiger partial charge in [0.05, 0.1) is 0 Å². The van der Waals surface area contributed by atoms with Gasteiger partial charge in [-0.25, -0.2) is 0 Å². The molecule has 1 N–H and O–H groups in total. The van der Waals surface area contributed by atoms with Crippen LogP contribution in [-0.2, 0) is 11.2 Å². The van der Waals surface area contributed by atoms with Crippen molar-refractivity contribution in [2.24, 2.45) is 0 Å². The fourth-order valence-electron chi connectivity index (χ4n) is 2.71. The van der Waals surface area contributed by atoms with Crippen molar-refractivity contribution in [3.05, 3.63) is 65.7 Å². The lowest BCUT2D eigenvalue weighted by molar-refractivity contribution is -0.118. The third kappa shape index (κ3) is 2.68. The SMILES string of the molecule is O=C(Cc1ccccc1)CC1CNc2ccccc21. The Labute approximate surface area is 113 Å². The van der Waals surface area contributed by atoms with Crippen LogP contribution >= 0.6 is 0 Å². The summed E-state index contributed by atoms with van der Waals surface area (Å²) in [6.45, 7) is 0.875. The number of para-hydroxylation sites is 1. The van der Waals surface area contributed by atoms with Crippen molar-refractivity contribution in [3.63, 3.8) is 0 Å². The van der Waals surface area contributed by atoms with Gasteiger partial charge in [-0.3, -0.25) is 4.79 Å². The normalized spacial score (nSPS) is 16.7. The molecular weight excluding hydrogens is 234 g/mol. The van der Waals surface area contributed by atoms with Crippen molar-refractivity contribution in [2.45, 2.75) is 18.8 Å². The highest BCUT2D eigenvalue weighted by Gasteiger charge is 2.23. The Hall–Kier alpha value is -2.09. The number of carbonyl (C=O) groups is 1. The molecule has 0 fully saturated rings. The van der Waals surface area contributed by atoms with Crippen molar-refractivity contribution < 1.29 is 4.79 Å². The molecule has 2 aromatic rings. The van der Waals surface area contributed by atoms with E-state index in [1.165, 1.54) is 11.3 Å². The van der Waals surface area contributed by atoms with Gasteiger partial charge >= 0.3 is 0 Å². The lowest BCUT2D eigenvalue weighted by Gasteiger charge is -2.09. The first-order valence-corrected chi connectivity index (χ1v) is 6.71. The highest BCUT2D eigenvalue weighted by molar-refractivity contribution is 5.82. The van der Waals surface area contributed by atoms with Crippen LogP contribution in [0.4, 0.5) is 5.69 Å². The molecule has 0 spiro atoms. The topological polar surface area (TPSA) is 29.1 Å². The predicted molar refractivity (Wildman–Crippen MR) is 77.4 cm³/mol. The molecule has 0 saturated carbocycles. The Morgan fingerprint density at radius 3 is 2.63 bits per heavy atom. The van der Waals surface area contributed by atoms with E-state index < -0.39 is 0 Å². The van der Waals surface area contributed by atoms with Crippen molar-refractivity contribution >= 4 is 11.5 Å². The highest BCUT2D eigenvalue weighted by Crippen LogP contribution is 2.33. The minimum atomic E-state index is 0.315. The van der Waals surface area contributed by atoms with Crippen molar-refractivity contribution in [3.8, 4) is 0 Å². The lowest BCUT2D eigenvalue weighted by atomic mass is 9.93. The number of fused-ring (bicyclic) bond motifs is 1. The third-order valence-electron chi connectivity index (χ3n) is 3.66. The summed E-state index contributed by atoms with van der Waals surface area (Å²) in [6.07, 6.45) is 1.17. The number of nitrogens with one attached hydrogen (secondary N) is 1. The Kier molecular flexibility index (Phi) is 3.32. The molecule has 1 atom stereocenters. The highest BCUT2D eigenvalue weighted by atomic mass is 16.1. The number of benzene rings is 2. The van der Waals surface area contributed by atoms with Gasteiger partial charge in [0, 0.05) is 31.0 Å². The van der Waals surface area contributed by atoms with Crippen molar-refractivity contribution in [1.82, 2.24) is 0 Å². The fraction of sp³-hybridized carbons (Fsp3) is 0.235. The summed E-state index contributed by atoms with van der Waals surface area (Å²) in [5.74, 6) is 0.641. The molecule has 2 aromatic carbocycles. The number of carbonyl (C=O) groups excluding carboxylic acids is 1. The maximum absolute atomic E-state index is 12.2. The monoisotopic (exact) mass is 251 g/mol. The van der Waals surface area contributed by atoms with Gasteiger partial charge < -0.3 is 5.32 Å². The molecular formula is C17H17NO. The second-order valence-electron chi connectivity index (χ2n) is 5.07. The Morgan fingerprint density at radius 1 is 1.05 bits per heavy atom. The Balaban J connectivity index is 1.65. The molecule has 2 nitrogen and oxygen atoms in total. The van der Waals surface area contributed by atoms with Crippen LogP contribution in [0.3, 0.4) is 0 Å². The molecule has 1 aliphatic rings. The third-order valence-corrected chi connectivity index (χ3v) is 3.66. The Morgan fingerprint density at radius 2 is 1.79 bits per heavy atom. The summed E-state index contributed by atoms with van der Waals surface area (Å²) in [5.41, 5.74) is 3.57. The van der Waals surface area contributed by atoms with Crippen LogP contribution in [0.15, 0.2) is 54.6 Å².